The summed E-state index contributed by atoms with van der Waals surface area (Å²) in [5.41, 5.74) is 0. The van der Waals surface area contributed by atoms with Crippen molar-refractivity contribution in [1.29, 1.82) is 0 Å². The first-order chi connectivity index (χ1) is 6.38. The Morgan fingerprint density at radius 1 is 1.40 bits per heavy atom. The van der Waals surface area contributed by atoms with E-state index in [0.29, 0.717) is 32.1 Å². The molecule has 1 aliphatic rings. The van der Waals surface area contributed by atoms with E-state index < -0.39 is 5.82 Å². The van der Waals surface area contributed by atoms with Crippen LogP contribution < -0.4 is 56.3 Å². The van der Waals surface area contributed by atoms with Crippen molar-refractivity contribution >= 4 is 5.82 Å². The molecule has 2 rings (SSSR count). The molecule has 15 heavy (non-hydrogen) atoms. The smallest absolute Gasteiger partial charge is 0.693 e. The van der Waals surface area contributed by atoms with Crippen LogP contribution in [-0.4, -0.2) is 36.3 Å². The number of hydrogen-bond acceptors (Lipinski definition) is 4. The van der Waals surface area contributed by atoms with Gasteiger partial charge in [0.15, 0.2) is 0 Å². The molecule has 1 aromatic heterocycles. The number of nitrogens with two attached hydrogens (primary N) is 1. The van der Waals surface area contributed by atoms with Gasteiger partial charge in [-0.15, -0.1) is 0 Å². The molecule has 0 aromatic carbocycles. The molecule has 0 amide bonds. The predicted molar refractivity (Wildman–Crippen MR) is 49.1 cm³/mol. The van der Waals surface area contributed by atoms with Gasteiger partial charge in [-0.3, -0.25) is 0 Å². The molecule has 1 aromatic rings. The summed E-state index contributed by atoms with van der Waals surface area (Å²) in [5, 5.41) is 0. The molecule has 5 nitrogen and oxygen atoms in total. The zero-order valence-corrected chi connectivity index (χ0v) is 11.7. The molecule has 0 saturated carbocycles. The Labute approximate surface area is 130 Å². The van der Waals surface area contributed by atoms with Crippen LogP contribution in [0.15, 0.2) is 6.20 Å². The number of morpholine rings is 1. The zero-order valence-electron chi connectivity index (χ0n) is 8.61. The van der Waals surface area contributed by atoms with Gasteiger partial charge in [0.25, 0.3) is 0 Å². The van der Waals surface area contributed by atoms with Crippen molar-refractivity contribution in [2.45, 2.75) is 0 Å². The van der Waals surface area contributed by atoms with E-state index in [1.807, 2.05) is 4.90 Å². The van der Waals surface area contributed by atoms with Crippen LogP contribution in [0.25, 0.3) is 6.15 Å². The molecule has 0 unspecified atom stereocenters. The molecule has 0 atom stereocenters. The van der Waals surface area contributed by atoms with Crippen molar-refractivity contribution in [2.75, 3.05) is 31.2 Å². The van der Waals surface area contributed by atoms with Crippen LogP contribution in [0.4, 0.5) is 10.2 Å². The van der Waals surface area contributed by atoms with Crippen molar-refractivity contribution in [3.05, 3.63) is 24.5 Å². The van der Waals surface area contributed by atoms with Gasteiger partial charge in [-0.25, -0.2) is 4.39 Å². The minimum Gasteiger partial charge on any atom is -0.693 e. The third-order valence-electron chi connectivity index (χ3n) is 1.92. The number of ether oxygens (including phenoxy) is 1. The molecule has 1 aliphatic heterocycles. The van der Waals surface area contributed by atoms with Crippen LogP contribution in [0.3, 0.4) is 0 Å². The molecule has 78 valence electrons. The number of anilines is 1. The van der Waals surface area contributed by atoms with Crippen molar-refractivity contribution in [1.82, 2.24) is 9.97 Å². The van der Waals surface area contributed by atoms with Gasteiger partial charge in [0, 0.05) is 19.4 Å². The molecule has 2 N–H and O–H groups in total. The van der Waals surface area contributed by atoms with Gasteiger partial charge in [-0.1, -0.05) is 0 Å². The predicted octanol–water partition coefficient (Wildman–Crippen LogP) is -2.03. The summed E-state index contributed by atoms with van der Waals surface area (Å²) in [6.07, 6.45) is 3.50. The maximum atomic E-state index is 13.1. The van der Waals surface area contributed by atoms with Crippen LogP contribution in [0.1, 0.15) is 0 Å². The van der Waals surface area contributed by atoms with Crippen LogP contribution in [0.5, 0.6) is 0 Å². The van der Waals surface area contributed by atoms with Crippen molar-refractivity contribution < 1.29 is 60.5 Å². The third-order valence-corrected chi connectivity index (χ3v) is 1.92. The number of halogens is 1. The SMILES string of the molecule is Fc1cn[c-]nc1N1CCOCC1.[K+].[NH2-]. The monoisotopic (exact) mass is 237 g/mol. The summed E-state index contributed by atoms with van der Waals surface area (Å²) in [6, 6.07) is 0. The van der Waals surface area contributed by atoms with Gasteiger partial charge in [-0.05, 0) is 6.20 Å². The Balaban J connectivity index is 0.000000980. The molecular formula is C8H11FKN4O-. The molecule has 0 aliphatic carbocycles. The minimum atomic E-state index is -0.402. The van der Waals surface area contributed by atoms with E-state index in [1.165, 1.54) is 0 Å². The maximum Gasteiger partial charge on any atom is 1.00 e. The normalized spacial score (nSPS) is 15.1. The fourth-order valence-electron chi connectivity index (χ4n) is 1.27. The number of hydrogen-bond donors (Lipinski definition) is 0. The van der Waals surface area contributed by atoms with E-state index in [-0.39, 0.29) is 57.5 Å². The fourth-order valence-corrected chi connectivity index (χ4v) is 1.27. The first kappa shape index (κ1) is 15.4. The first-order valence-corrected chi connectivity index (χ1v) is 4.09. The molecule has 2 heterocycles. The second-order valence-corrected chi connectivity index (χ2v) is 2.74. The summed E-state index contributed by atoms with van der Waals surface area (Å²) in [7, 11) is 0. The summed E-state index contributed by atoms with van der Waals surface area (Å²) in [4.78, 5) is 9.06. The third kappa shape index (κ3) is 4.02. The topological polar surface area (TPSA) is 71.8 Å². The standard InChI is InChI=1S/C8H9FN3O.K.H2N/c9-7-5-10-6-11-8(7)12-1-3-13-4-2-12;;/h5H,1-4H2;;1H2/q-1;+1;-1. The van der Waals surface area contributed by atoms with Crippen LogP contribution >= 0.6 is 0 Å². The average Bonchev–Trinajstić information content (AvgIpc) is 2.20. The number of nitrogens with zero attached hydrogens (tertiary/aromatic N) is 3. The van der Waals surface area contributed by atoms with Crippen molar-refractivity contribution in [3.8, 4) is 0 Å². The van der Waals surface area contributed by atoms with Crippen LogP contribution in [-0.2, 0) is 4.74 Å². The summed E-state index contributed by atoms with van der Waals surface area (Å²) >= 11 is 0. The number of rotatable bonds is 1. The van der Waals surface area contributed by atoms with Gasteiger partial charge in [-0.2, -0.15) is 0 Å². The Kier molecular flexibility index (Phi) is 7.79. The van der Waals surface area contributed by atoms with E-state index in [4.69, 9.17) is 4.74 Å². The Morgan fingerprint density at radius 3 is 2.67 bits per heavy atom. The van der Waals surface area contributed by atoms with Crippen molar-refractivity contribution in [3.63, 3.8) is 0 Å². The Morgan fingerprint density at radius 2 is 2.07 bits per heavy atom. The second-order valence-electron chi connectivity index (χ2n) is 2.74. The molecule has 1 fully saturated rings. The summed E-state index contributed by atoms with van der Waals surface area (Å²) in [6.45, 7) is 2.57. The quantitative estimate of drug-likeness (QED) is 0.417. The maximum absolute atomic E-state index is 13.1. The van der Waals surface area contributed by atoms with Gasteiger partial charge in [0.2, 0.25) is 0 Å². The molecule has 1 saturated heterocycles. The van der Waals surface area contributed by atoms with Crippen LogP contribution in [0, 0.1) is 12.1 Å². The Hall–Kier alpha value is 0.366. The number of aromatic nitrogens is 2. The zero-order chi connectivity index (χ0) is 9.10. The van der Waals surface area contributed by atoms with Crippen molar-refractivity contribution in [2.24, 2.45) is 0 Å². The molecule has 7 heteroatoms. The fraction of sp³-hybridized carbons (Fsp3) is 0.500. The summed E-state index contributed by atoms with van der Waals surface area (Å²) < 4.78 is 18.3. The van der Waals surface area contributed by atoms with Gasteiger partial charge < -0.3 is 25.8 Å². The molecular weight excluding hydrogens is 226 g/mol. The van der Waals surface area contributed by atoms with E-state index >= 15 is 0 Å². The molecule has 0 spiro atoms. The average molecular weight is 237 g/mol. The van der Waals surface area contributed by atoms with Gasteiger partial charge in [0.05, 0.1) is 24.8 Å². The van der Waals surface area contributed by atoms with E-state index in [2.05, 4.69) is 16.3 Å². The summed E-state index contributed by atoms with van der Waals surface area (Å²) in [5.74, 6) is -0.0843. The minimum absolute atomic E-state index is 0. The molecule has 0 bridgehead atoms. The molecule has 0 radical (unpaired) electrons. The second kappa shape index (κ2) is 7.61. The Bertz CT molecular complexity index is 296. The van der Waals surface area contributed by atoms with E-state index in [0.717, 1.165) is 6.20 Å². The first-order valence-electron chi connectivity index (χ1n) is 4.09. The largest absolute Gasteiger partial charge is 1.00 e. The van der Waals surface area contributed by atoms with Gasteiger partial charge >= 0.3 is 51.4 Å². The van der Waals surface area contributed by atoms with E-state index in [9.17, 15) is 4.39 Å². The van der Waals surface area contributed by atoms with Crippen LogP contribution in [0.2, 0.25) is 0 Å². The van der Waals surface area contributed by atoms with Gasteiger partial charge in [0.1, 0.15) is 0 Å². The van der Waals surface area contributed by atoms with E-state index in [1.54, 1.807) is 0 Å².